The van der Waals surface area contributed by atoms with E-state index in [1.807, 2.05) is 24.3 Å². The molecule has 3 aliphatic carbocycles. The number of hydrogen-bond acceptors (Lipinski definition) is 1. The highest BCUT2D eigenvalue weighted by atomic mass is 14.6. The summed E-state index contributed by atoms with van der Waals surface area (Å²) >= 11 is 0. The molecule has 3 aliphatic rings. The quantitative estimate of drug-likeness (QED) is 0.163. The predicted octanol–water partition coefficient (Wildman–Crippen LogP) is 14.7. The molecule has 0 heterocycles. The molecule has 0 aliphatic heterocycles. The number of rotatable bonds is 2. The highest BCUT2D eigenvalue weighted by molar-refractivity contribution is 6.12. The summed E-state index contributed by atoms with van der Waals surface area (Å²) < 4.78 is 0. The van der Waals surface area contributed by atoms with Crippen LogP contribution in [0, 0.1) is 17.9 Å². The molecule has 0 N–H and O–H groups in total. The van der Waals surface area contributed by atoms with Gasteiger partial charge in [0.05, 0.1) is 18.2 Å². The van der Waals surface area contributed by atoms with Gasteiger partial charge < -0.3 is 0 Å². The number of fused-ring (bicyclic) bond motifs is 13. The SMILES string of the molecule is [C-]#[N+]c1ccc(-c2cc3c(c4ccccc24)-c2cc4c(cc2C3(C)C)C(C)(C)c2cc3c(cc2-4)-c2c(cc(-c4ccc(C#N)cc4)c4ccccc24)C3(C)C)cc1. The summed E-state index contributed by atoms with van der Waals surface area (Å²) in [7, 11) is 0. The lowest BCUT2D eigenvalue weighted by Crippen LogP contribution is -2.20. The van der Waals surface area contributed by atoms with Crippen molar-refractivity contribution in [3.05, 3.63) is 184 Å². The first kappa shape index (κ1) is 33.6. The van der Waals surface area contributed by atoms with Gasteiger partial charge in [-0.3, -0.25) is 0 Å². The highest BCUT2D eigenvalue weighted by Gasteiger charge is 2.45. The van der Waals surface area contributed by atoms with Crippen LogP contribution < -0.4 is 0 Å². The highest BCUT2D eigenvalue weighted by Crippen LogP contribution is 2.61. The van der Waals surface area contributed by atoms with E-state index in [1.54, 1.807) is 0 Å². The molecule has 0 fully saturated rings. The lowest BCUT2D eigenvalue weighted by molar-refractivity contribution is 0.631. The topological polar surface area (TPSA) is 28.1 Å². The fourth-order valence-corrected chi connectivity index (χ4v) is 10.8. The van der Waals surface area contributed by atoms with Crippen molar-refractivity contribution in [3.8, 4) is 61.7 Å². The fourth-order valence-electron chi connectivity index (χ4n) is 10.8. The minimum absolute atomic E-state index is 0.183. The molecule has 2 nitrogen and oxygen atoms in total. The maximum absolute atomic E-state index is 9.49. The van der Waals surface area contributed by atoms with Crippen LogP contribution in [-0.4, -0.2) is 0 Å². The first-order valence-electron chi connectivity index (χ1n) is 19.9. The van der Waals surface area contributed by atoms with Crippen molar-refractivity contribution < 1.29 is 0 Å². The average molecular weight is 729 g/mol. The largest absolute Gasteiger partial charge is 0.238 e. The average Bonchev–Trinajstić information content (AvgIpc) is 3.70. The van der Waals surface area contributed by atoms with Gasteiger partial charge in [0.1, 0.15) is 0 Å². The fraction of sp³-hybridized carbons (Fsp3) is 0.164. The van der Waals surface area contributed by atoms with Gasteiger partial charge in [0.15, 0.2) is 5.69 Å². The van der Waals surface area contributed by atoms with Crippen LogP contribution in [0.3, 0.4) is 0 Å². The zero-order valence-electron chi connectivity index (χ0n) is 33.1. The normalized spacial score (nSPS) is 15.6. The molecule has 0 amide bonds. The Bertz CT molecular complexity index is 2980. The van der Waals surface area contributed by atoms with E-state index in [-0.39, 0.29) is 16.2 Å². The molecule has 0 spiro atoms. The predicted molar refractivity (Wildman–Crippen MR) is 236 cm³/mol. The lowest BCUT2D eigenvalue weighted by atomic mass is 9.76. The zero-order chi connectivity index (χ0) is 39.2. The van der Waals surface area contributed by atoms with Crippen LogP contribution in [0.5, 0.6) is 0 Å². The summed E-state index contributed by atoms with van der Waals surface area (Å²) in [6, 6.07) is 51.1. The van der Waals surface area contributed by atoms with Crippen molar-refractivity contribution in [2.75, 3.05) is 0 Å². The molecule has 8 aromatic carbocycles. The van der Waals surface area contributed by atoms with E-state index >= 15 is 0 Å². The second-order valence-corrected chi connectivity index (χ2v) is 17.9. The van der Waals surface area contributed by atoms with Gasteiger partial charge in [-0.25, -0.2) is 4.85 Å². The first-order chi connectivity index (χ1) is 27.4. The maximum atomic E-state index is 9.49. The Morgan fingerprint density at radius 3 is 1.23 bits per heavy atom. The molecule has 2 heteroatoms. The van der Waals surface area contributed by atoms with E-state index in [9.17, 15) is 5.26 Å². The molecule has 0 aromatic heterocycles. The van der Waals surface area contributed by atoms with E-state index in [2.05, 4.69) is 162 Å². The van der Waals surface area contributed by atoms with E-state index in [4.69, 9.17) is 6.57 Å². The maximum Gasteiger partial charge on any atom is 0.187 e. The molecule has 270 valence electrons. The Morgan fingerprint density at radius 1 is 0.421 bits per heavy atom. The summed E-state index contributed by atoms with van der Waals surface area (Å²) in [6.45, 7) is 21.9. The molecule has 0 saturated carbocycles. The number of nitrogens with zero attached hydrogens (tertiary/aromatic N) is 2. The van der Waals surface area contributed by atoms with Crippen molar-refractivity contribution in [2.45, 2.75) is 57.8 Å². The summed E-state index contributed by atoms with van der Waals surface area (Å²) in [4.78, 5) is 3.65. The van der Waals surface area contributed by atoms with Crippen molar-refractivity contribution in [1.29, 1.82) is 5.26 Å². The molecular formula is C55H40N2. The number of nitriles is 1. The van der Waals surface area contributed by atoms with Gasteiger partial charge in [0.2, 0.25) is 0 Å². The Balaban J connectivity index is 1.14. The van der Waals surface area contributed by atoms with Crippen LogP contribution >= 0.6 is 0 Å². The molecule has 8 aromatic rings. The summed E-state index contributed by atoms with van der Waals surface area (Å²) in [5.41, 5.74) is 21.8. The van der Waals surface area contributed by atoms with Gasteiger partial charge in [-0.1, -0.05) is 139 Å². The number of benzene rings is 8. The van der Waals surface area contributed by atoms with Crippen LogP contribution in [0.2, 0.25) is 0 Å². The standard InChI is InChI=1S/C55H40N2/c1-53(2)45-28-47-43(51-37-14-10-8-12-35(37)39(26-49(51)54(47,3)4)32-18-16-31(30-56)17-19-32)24-41(45)42-25-44-48(29-46(42)53)55(5,6)50-27-40(33-20-22-34(57-7)23-21-33)36-13-9-11-15-38(36)52(44)50/h8-29H,1-6H3. The Kier molecular flexibility index (Phi) is 6.59. The van der Waals surface area contributed by atoms with Crippen LogP contribution in [0.15, 0.2) is 133 Å². The number of hydrogen-bond donors (Lipinski definition) is 0. The second kappa shape index (κ2) is 11.2. The molecule has 0 unspecified atom stereocenters. The van der Waals surface area contributed by atoms with Gasteiger partial charge in [-0.05, 0) is 147 Å². The zero-order valence-corrected chi connectivity index (χ0v) is 33.1. The molecule has 0 radical (unpaired) electrons. The van der Waals surface area contributed by atoms with E-state index < -0.39 is 0 Å². The third-order valence-corrected chi connectivity index (χ3v) is 13.9. The third-order valence-electron chi connectivity index (χ3n) is 13.9. The van der Waals surface area contributed by atoms with Gasteiger partial charge in [0.25, 0.3) is 0 Å². The summed E-state index contributed by atoms with van der Waals surface area (Å²) in [5.74, 6) is 0. The Hall–Kier alpha value is -6.74. The van der Waals surface area contributed by atoms with Gasteiger partial charge >= 0.3 is 0 Å². The van der Waals surface area contributed by atoms with Crippen molar-refractivity contribution >= 4 is 27.2 Å². The molecular weight excluding hydrogens is 689 g/mol. The minimum atomic E-state index is -0.203. The monoisotopic (exact) mass is 728 g/mol. The first-order valence-corrected chi connectivity index (χ1v) is 19.9. The van der Waals surface area contributed by atoms with Gasteiger partial charge in [-0.15, -0.1) is 0 Å². The lowest BCUT2D eigenvalue weighted by Gasteiger charge is -2.27. The van der Waals surface area contributed by atoms with Crippen LogP contribution in [-0.2, 0) is 16.2 Å². The van der Waals surface area contributed by atoms with Gasteiger partial charge in [-0.2, -0.15) is 5.26 Å². The van der Waals surface area contributed by atoms with Gasteiger partial charge in [0, 0.05) is 16.2 Å². The summed E-state index contributed by atoms with van der Waals surface area (Å²) in [6.07, 6.45) is 0. The Morgan fingerprint density at radius 2 is 0.807 bits per heavy atom. The van der Waals surface area contributed by atoms with E-state index in [0.29, 0.717) is 11.3 Å². The van der Waals surface area contributed by atoms with Crippen molar-refractivity contribution in [2.24, 2.45) is 0 Å². The van der Waals surface area contributed by atoms with E-state index in [1.165, 1.54) is 99.4 Å². The molecule has 0 saturated heterocycles. The third kappa shape index (κ3) is 4.34. The molecule has 0 bridgehead atoms. The van der Waals surface area contributed by atoms with E-state index in [0.717, 1.165) is 11.1 Å². The Labute approximate surface area is 334 Å². The van der Waals surface area contributed by atoms with Crippen molar-refractivity contribution in [3.63, 3.8) is 0 Å². The summed E-state index contributed by atoms with van der Waals surface area (Å²) in [5, 5.41) is 14.5. The van der Waals surface area contributed by atoms with Crippen LogP contribution in [0.25, 0.3) is 82.0 Å². The second-order valence-electron chi connectivity index (χ2n) is 17.9. The molecule has 57 heavy (non-hydrogen) atoms. The van der Waals surface area contributed by atoms with Crippen LogP contribution in [0.1, 0.15) is 80.5 Å². The molecule has 0 atom stereocenters. The molecule has 11 rings (SSSR count). The smallest absolute Gasteiger partial charge is 0.187 e. The minimum Gasteiger partial charge on any atom is -0.238 e. The van der Waals surface area contributed by atoms with Crippen molar-refractivity contribution in [1.82, 2.24) is 0 Å². The van der Waals surface area contributed by atoms with Crippen LogP contribution in [0.4, 0.5) is 5.69 Å².